The van der Waals surface area contributed by atoms with Gasteiger partial charge >= 0.3 is 0 Å². The van der Waals surface area contributed by atoms with Crippen LogP contribution >= 0.6 is 15.9 Å². The van der Waals surface area contributed by atoms with Crippen molar-refractivity contribution in [1.82, 2.24) is 10.2 Å². The summed E-state index contributed by atoms with van der Waals surface area (Å²) in [5.74, 6) is 0. The molecule has 1 aliphatic heterocycles. The van der Waals surface area contributed by atoms with Crippen LogP contribution in [0, 0.1) is 0 Å². The van der Waals surface area contributed by atoms with Gasteiger partial charge in [0.25, 0.3) is 0 Å². The first kappa shape index (κ1) is 14.0. The van der Waals surface area contributed by atoms with Gasteiger partial charge in [-0.25, -0.2) is 0 Å². The average Bonchev–Trinajstić information content (AvgIpc) is 2.31. The molecule has 1 aromatic rings. The molecule has 1 aromatic carbocycles. The minimum absolute atomic E-state index is 0.269. The number of hydrogen-bond acceptors (Lipinski definition) is 2. The fraction of sp³-hybridized carbons (Fsp3) is 0.600. The van der Waals surface area contributed by atoms with Crippen LogP contribution in [0.25, 0.3) is 0 Å². The molecule has 1 N–H and O–H groups in total. The number of nitrogens with zero attached hydrogens (tertiary/aromatic N) is 1. The Kier molecular flexibility index (Phi) is 4.46. The standard InChI is InChI=1S/C15H23BrN2/c1-15(2)10-13(8-9-17-15)18(3)11-12-6-4-5-7-14(12)16/h4-7,13,17H,8-11H2,1-3H3. The van der Waals surface area contributed by atoms with Crippen LogP contribution in [0.3, 0.4) is 0 Å². The van der Waals surface area contributed by atoms with Gasteiger partial charge in [-0.15, -0.1) is 0 Å². The molecule has 18 heavy (non-hydrogen) atoms. The van der Waals surface area contributed by atoms with E-state index in [1.165, 1.54) is 22.9 Å². The zero-order valence-corrected chi connectivity index (χ0v) is 13.1. The van der Waals surface area contributed by atoms with Gasteiger partial charge in [0.05, 0.1) is 0 Å². The van der Waals surface area contributed by atoms with E-state index in [-0.39, 0.29) is 5.54 Å². The molecule has 0 bridgehead atoms. The highest BCUT2D eigenvalue weighted by Gasteiger charge is 2.29. The summed E-state index contributed by atoms with van der Waals surface area (Å²) in [5.41, 5.74) is 1.64. The summed E-state index contributed by atoms with van der Waals surface area (Å²) in [6, 6.07) is 9.18. The Bertz CT molecular complexity index is 403. The molecule has 100 valence electrons. The molecule has 1 heterocycles. The highest BCUT2D eigenvalue weighted by atomic mass is 79.9. The second-order valence-corrected chi connectivity index (χ2v) is 6.82. The van der Waals surface area contributed by atoms with Crippen molar-refractivity contribution in [3.8, 4) is 0 Å². The van der Waals surface area contributed by atoms with Crippen LogP contribution in [0.1, 0.15) is 32.3 Å². The SMILES string of the molecule is CN(Cc1ccccc1Br)C1CCNC(C)(C)C1. The molecular formula is C15H23BrN2. The summed E-state index contributed by atoms with van der Waals surface area (Å²) >= 11 is 3.63. The van der Waals surface area contributed by atoms with E-state index >= 15 is 0 Å². The number of hydrogen-bond donors (Lipinski definition) is 1. The normalized spacial score (nSPS) is 23.3. The number of halogens is 1. The Morgan fingerprint density at radius 1 is 1.39 bits per heavy atom. The van der Waals surface area contributed by atoms with Crippen LogP contribution in [0.2, 0.25) is 0 Å². The second-order valence-electron chi connectivity index (χ2n) is 5.96. The van der Waals surface area contributed by atoms with Crippen molar-refractivity contribution < 1.29 is 0 Å². The lowest BCUT2D eigenvalue weighted by Gasteiger charge is -2.40. The number of rotatable bonds is 3. The predicted molar refractivity (Wildman–Crippen MR) is 80.7 cm³/mol. The molecule has 2 rings (SSSR count). The van der Waals surface area contributed by atoms with Gasteiger partial charge in [-0.1, -0.05) is 34.1 Å². The molecule has 0 spiro atoms. The first-order valence-corrected chi connectivity index (χ1v) is 7.46. The van der Waals surface area contributed by atoms with Crippen molar-refractivity contribution >= 4 is 15.9 Å². The van der Waals surface area contributed by atoms with Crippen LogP contribution in [-0.4, -0.2) is 30.1 Å². The molecule has 1 saturated heterocycles. The maximum Gasteiger partial charge on any atom is 0.0244 e. The van der Waals surface area contributed by atoms with Gasteiger partial charge in [0.2, 0.25) is 0 Å². The highest BCUT2D eigenvalue weighted by molar-refractivity contribution is 9.10. The summed E-state index contributed by atoms with van der Waals surface area (Å²) in [7, 11) is 2.24. The average molecular weight is 311 g/mol. The van der Waals surface area contributed by atoms with Crippen molar-refractivity contribution in [2.45, 2.75) is 44.8 Å². The van der Waals surface area contributed by atoms with Crippen molar-refractivity contribution in [3.05, 3.63) is 34.3 Å². The van der Waals surface area contributed by atoms with E-state index in [0.717, 1.165) is 13.1 Å². The molecule has 1 aliphatic rings. The Balaban J connectivity index is 2.00. The number of nitrogens with one attached hydrogen (secondary N) is 1. The lowest BCUT2D eigenvalue weighted by Crippen LogP contribution is -2.52. The van der Waals surface area contributed by atoms with E-state index in [1.807, 2.05) is 0 Å². The third kappa shape index (κ3) is 3.56. The van der Waals surface area contributed by atoms with Gasteiger partial charge in [0, 0.05) is 22.6 Å². The first-order valence-electron chi connectivity index (χ1n) is 6.67. The zero-order chi connectivity index (χ0) is 13.2. The monoisotopic (exact) mass is 310 g/mol. The Hall–Kier alpha value is -0.380. The molecule has 2 nitrogen and oxygen atoms in total. The van der Waals surface area contributed by atoms with Crippen LogP contribution in [0.5, 0.6) is 0 Å². The summed E-state index contributed by atoms with van der Waals surface area (Å²) in [4.78, 5) is 2.49. The van der Waals surface area contributed by atoms with E-state index < -0.39 is 0 Å². The molecule has 3 heteroatoms. The molecule has 0 aromatic heterocycles. The molecule has 1 atom stereocenters. The van der Waals surface area contributed by atoms with Crippen LogP contribution in [0.4, 0.5) is 0 Å². The Morgan fingerprint density at radius 3 is 2.78 bits per heavy atom. The molecule has 0 radical (unpaired) electrons. The second kappa shape index (κ2) is 5.72. The lowest BCUT2D eigenvalue weighted by molar-refractivity contribution is 0.138. The minimum Gasteiger partial charge on any atom is -0.312 e. The first-order chi connectivity index (χ1) is 8.48. The van der Waals surface area contributed by atoms with Crippen molar-refractivity contribution in [2.75, 3.05) is 13.6 Å². The largest absolute Gasteiger partial charge is 0.312 e. The molecule has 1 unspecified atom stereocenters. The highest BCUT2D eigenvalue weighted by Crippen LogP contribution is 2.25. The van der Waals surface area contributed by atoms with Crippen molar-refractivity contribution in [1.29, 1.82) is 0 Å². The maximum atomic E-state index is 3.63. The predicted octanol–water partition coefficient (Wildman–Crippen LogP) is 3.41. The van der Waals surface area contributed by atoms with Crippen LogP contribution in [-0.2, 0) is 6.54 Å². The van der Waals surface area contributed by atoms with Gasteiger partial charge in [0.1, 0.15) is 0 Å². The van der Waals surface area contributed by atoms with E-state index in [4.69, 9.17) is 0 Å². The fourth-order valence-corrected chi connectivity index (χ4v) is 3.15. The quantitative estimate of drug-likeness (QED) is 0.920. The van der Waals surface area contributed by atoms with Crippen LogP contribution in [0.15, 0.2) is 28.7 Å². The van der Waals surface area contributed by atoms with E-state index in [1.54, 1.807) is 0 Å². The lowest BCUT2D eigenvalue weighted by atomic mass is 9.88. The third-order valence-electron chi connectivity index (χ3n) is 3.83. The Labute approximate surface area is 119 Å². The summed E-state index contributed by atoms with van der Waals surface area (Å²) in [5, 5.41) is 3.58. The summed E-state index contributed by atoms with van der Waals surface area (Å²) < 4.78 is 1.21. The van der Waals surface area contributed by atoms with Crippen molar-refractivity contribution in [2.24, 2.45) is 0 Å². The smallest absolute Gasteiger partial charge is 0.0244 e. The van der Waals surface area contributed by atoms with E-state index in [0.29, 0.717) is 6.04 Å². The van der Waals surface area contributed by atoms with Gasteiger partial charge < -0.3 is 5.32 Å². The maximum absolute atomic E-state index is 3.63. The molecule has 0 amide bonds. The summed E-state index contributed by atoms with van der Waals surface area (Å²) in [6.45, 7) is 6.73. The van der Waals surface area contributed by atoms with Gasteiger partial charge in [-0.05, 0) is 51.9 Å². The van der Waals surface area contributed by atoms with Crippen LogP contribution < -0.4 is 5.32 Å². The molecule has 0 saturated carbocycles. The van der Waals surface area contributed by atoms with E-state index in [9.17, 15) is 0 Å². The molecule has 1 fully saturated rings. The topological polar surface area (TPSA) is 15.3 Å². The fourth-order valence-electron chi connectivity index (χ4n) is 2.74. The number of piperidine rings is 1. The zero-order valence-electron chi connectivity index (χ0n) is 11.5. The van der Waals surface area contributed by atoms with E-state index in [2.05, 4.69) is 71.3 Å². The van der Waals surface area contributed by atoms with Gasteiger partial charge in [0.15, 0.2) is 0 Å². The van der Waals surface area contributed by atoms with Gasteiger partial charge in [-0.2, -0.15) is 0 Å². The number of benzene rings is 1. The van der Waals surface area contributed by atoms with Crippen molar-refractivity contribution in [3.63, 3.8) is 0 Å². The molecule has 0 aliphatic carbocycles. The molecular weight excluding hydrogens is 288 g/mol. The summed E-state index contributed by atoms with van der Waals surface area (Å²) in [6.07, 6.45) is 2.46. The Morgan fingerprint density at radius 2 is 2.11 bits per heavy atom. The third-order valence-corrected chi connectivity index (χ3v) is 4.60. The minimum atomic E-state index is 0.269. The van der Waals surface area contributed by atoms with Gasteiger partial charge in [-0.3, -0.25) is 4.90 Å².